The molecule has 1 fully saturated rings. The first-order valence-corrected chi connectivity index (χ1v) is 9.10. The normalized spacial score (nSPS) is 15.0. The number of aromatic hydroxyl groups is 1. The van der Waals surface area contributed by atoms with Crippen molar-refractivity contribution in [2.45, 2.75) is 44.9 Å². The highest BCUT2D eigenvalue weighted by molar-refractivity contribution is 5.74. The molecule has 132 valence electrons. The lowest BCUT2D eigenvalue weighted by Gasteiger charge is -2.29. The fraction of sp³-hybridized carbons (Fsp3) is 0.550. The number of aryl methyl sites for hydroxylation is 1. The highest BCUT2D eigenvalue weighted by Crippen LogP contribution is 2.24. The van der Waals surface area contributed by atoms with Gasteiger partial charge in [-0.15, -0.1) is 6.58 Å². The average molecular weight is 330 g/mol. The lowest BCUT2D eigenvalue weighted by molar-refractivity contribution is 0.185. The Balaban J connectivity index is 1.71. The van der Waals surface area contributed by atoms with Crippen molar-refractivity contribution >= 4 is 6.03 Å². The van der Waals surface area contributed by atoms with E-state index < -0.39 is 0 Å². The van der Waals surface area contributed by atoms with Crippen molar-refractivity contribution in [2.24, 2.45) is 5.92 Å². The Morgan fingerprint density at radius 2 is 1.96 bits per heavy atom. The van der Waals surface area contributed by atoms with Crippen molar-refractivity contribution in [3.8, 4) is 5.75 Å². The third-order valence-corrected chi connectivity index (χ3v) is 4.69. The molecule has 1 aromatic rings. The Kier molecular flexibility index (Phi) is 7.66. The van der Waals surface area contributed by atoms with Gasteiger partial charge in [-0.3, -0.25) is 0 Å². The maximum absolute atomic E-state index is 12.4. The summed E-state index contributed by atoms with van der Waals surface area (Å²) in [4.78, 5) is 14.3. The van der Waals surface area contributed by atoms with Crippen molar-refractivity contribution in [3.63, 3.8) is 0 Å². The number of urea groups is 1. The molecular formula is C20H30N2O2. The van der Waals surface area contributed by atoms with Gasteiger partial charge in [0.2, 0.25) is 0 Å². The van der Waals surface area contributed by atoms with Crippen LogP contribution < -0.4 is 5.32 Å². The summed E-state index contributed by atoms with van der Waals surface area (Å²) in [5.74, 6) is 0.927. The molecule has 24 heavy (non-hydrogen) atoms. The molecule has 1 aliphatic rings. The molecule has 2 amide bonds. The second-order valence-electron chi connectivity index (χ2n) is 6.70. The fourth-order valence-electron chi connectivity index (χ4n) is 3.34. The molecule has 0 radical (unpaired) electrons. The zero-order valence-electron chi connectivity index (χ0n) is 14.5. The van der Waals surface area contributed by atoms with Crippen LogP contribution in [0.1, 0.15) is 44.1 Å². The van der Waals surface area contributed by atoms with E-state index in [2.05, 4.69) is 11.9 Å². The van der Waals surface area contributed by atoms with Crippen LogP contribution in [0.2, 0.25) is 0 Å². The van der Waals surface area contributed by atoms with Crippen LogP contribution in [0, 0.1) is 5.92 Å². The first-order valence-electron chi connectivity index (χ1n) is 9.10. The van der Waals surface area contributed by atoms with Gasteiger partial charge in [-0.05, 0) is 49.3 Å². The molecule has 0 aliphatic heterocycles. The highest BCUT2D eigenvalue weighted by Gasteiger charge is 2.19. The molecule has 2 rings (SSSR count). The van der Waals surface area contributed by atoms with E-state index in [1.54, 1.807) is 18.2 Å². The summed E-state index contributed by atoms with van der Waals surface area (Å²) in [6.45, 7) is 5.90. The SMILES string of the molecule is C=CCN(CC1CCCCC1)C(=O)NCCCc1ccc(O)cc1. The number of phenolic OH excluding ortho intramolecular Hbond substituents is 1. The summed E-state index contributed by atoms with van der Waals surface area (Å²) >= 11 is 0. The third-order valence-electron chi connectivity index (χ3n) is 4.69. The average Bonchev–Trinajstić information content (AvgIpc) is 2.60. The zero-order chi connectivity index (χ0) is 17.2. The summed E-state index contributed by atoms with van der Waals surface area (Å²) in [5.41, 5.74) is 1.17. The number of amides is 2. The van der Waals surface area contributed by atoms with Crippen LogP contribution in [-0.2, 0) is 6.42 Å². The van der Waals surface area contributed by atoms with Gasteiger partial charge in [0.05, 0.1) is 0 Å². The van der Waals surface area contributed by atoms with Gasteiger partial charge in [0.15, 0.2) is 0 Å². The van der Waals surface area contributed by atoms with Gasteiger partial charge in [-0.25, -0.2) is 4.79 Å². The Hall–Kier alpha value is -1.97. The first-order chi connectivity index (χ1) is 11.7. The molecule has 1 saturated carbocycles. The van der Waals surface area contributed by atoms with E-state index in [0.717, 1.165) is 19.4 Å². The van der Waals surface area contributed by atoms with Gasteiger partial charge < -0.3 is 15.3 Å². The number of rotatable bonds is 8. The molecule has 1 aromatic carbocycles. The third kappa shape index (κ3) is 6.26. The standard InChI is InChI=1S/C20H30N2O2/c1-2-15-22(16-18-7-4-3-5-8-18)20(24)21-14-6-9-17-10-12-19(23)13-11-17/h2,10-13,18,23H,1,3-9,14-16H2,(H,21,24). The molecule has 4 nitrogen and oxygen atoms in total. The van der Waals surface area contributed by atoms with Crippen LogP contribution >= 0.6 is 0 Å². The molecule has 0 bridgehead atoms. The lowest BCUT2D eigenvalue weighted by atomic mass is 9.89. The van der Waals surface area contributed by atoms with Crippen LogP contribution in [0.5, 0.6) is 5.75 Å². The summed E-state index contributed by atoms with van der Waals surface area (Å²) in [6, 6.07) is 7.26. The second-order valence-corrected chi connectivity index (χ2v) is 6.70. The smallest absolute Gasteiger partial charge is 0.317 e. The van der Waals surface area contributed by atoms with E-state index in [1.807, 2.05) is 17.0 Å². The summed E-state index contributed by atoms with van der Waals surface area (Å²) in [5, 5.41) is 12.3. The molecule has 0 unspecified atom stereocenters. The number of benzene rings is 1. The van der Waals surface area contributed by atoms with E-state index in [-0.39, 0.29) is 11.8 Å². The van der Waals surface area contributed by atoms with Crippen LogP contribution in [0.15, 0.2) is 36.9 Å². The number of carbonyl (C=O) groups excluding carboxylic acids is 1. The number of hydrogen-bond acceptors (Lipinski definition) is 2. The molecule has 2 N–H and O–H groups in total. The van der Waals surface area contributed by atoms with Crippen LogP contribution in [0.25, 0.3) is 0 Å². The number of nitrogens with one attached hydrogen (secondary N) is 1. The van der Waals surface area contributed by atoms with E-state index >= 15 is 0 Å². The van der Waals surface area contributed by atoms with Crippen molar-refractivity contribution in [1.82, 2.24) is 10.2 Å². The topological polar surface area (TPSA) is 52.6 Å². The predicted molar refractivity (Wildman–Crippen MR) is 98.2 cm³/mol. The van der Waals surface area contributed by atoms with Crippen molar-refractivity contribution < 1.29 is 9.90 Å². The van der Waals surface area contributed by atoms with Crippen LogP contribution in [0.4, 0.5) is 4.79 Å². The molecule has 0 atom stereocenters. The van der Waals surface area contributed by atoms with E-state index in [9.17, 15) is 9.90 Å². The molecular weight excluding hydrogens is 300 g/mol. The Morgan fingerprint density at radius 3 is 2.62 bits per heavy atom. The first kappa shape index (κ1) is 18.4. The summed E-state index contributed by atoms with van der Waals surface area (Å²) in [7, 11) is 0. The quantitative estimate of drug-likeness (QED) is 0.557. The maximum Gasteiger partial charge on any atom is 0.317 e. The number of nitrogens with zero attached hydrogens (tertiary/aromatic N) is 1. The molecule has 0 heterocycles. The largest absolute Gasteiger partial charge is 0.508 e. The Labute approximate surface area is 145 Å². The van der Waals surface area contributed by atoms with Gasteiger partial charge in [0.1, 0.15) is 5.75 Å². The van der Waals surface area contributed by atoms with E-state index in [0.29, 0.717) is 19.0 Å². The zero-order valence-corrected chi connectivity index (χ0v) is 14.5. The molecule has 0 aromatic heterocycles. The molecule has 1 aliphatic carbocycles. The minimum Gasteiger partial charge on any atom is -0.508 e. The van der Waals surface area contributed by atoms with E-state index in [4.69, 9.17) is 0 Å². The fourth-order valence-corrected chi connectivity index (χ4v) is 3.34. The number of carbonyl (C=O) groups is 1. The summed E-state index contributed by atoms with van der Waals surface area (Å²) < 4.78 is 0. The lowest BCUT2D eigenvalue weighted by Crippen LogP contribution is -2.43. The minimum atomic E-state index is 0.0196. The molecule has 4 heteroatoms. The Morgan fingerprint density at radius 1 is 1.25 bits per heavy atom. The van der Waals surface area contributed by atoms with E-state index in [1.165, 1.54) is 37.7 Å². The predicted octanol–water partition coefficient (Wildman–Crippen LogP) is 4.10. The van der Waals surface area contributed by atoms with Gasteiger partial charge >= 0.3 is 6.03 Å². The van der Waals surface area contributed by atoms with Gasteiger partial charge in [-0.1, -0.05) is 37.5 Å². The van der Waals surface area contributed by atoms with Crippen molar-refractivity contribution in [1.29, 1.82) is 0 Å². The van der Waals surface area contributed by atoms with Crippen LogP contribution in [0.3, 0.4) is 0 Å². The monoisotopic (exact) mass is 330 g/mol. The Bertz CT molecular complexity index is 507. The van der Waals surface area contributed by atoms with Crippen molar-refractivity contribution in [2.75, 3.05) is 19.6 Å². The molecule has 0 spiro atoms. The van der Waals surface area contributed by atoms with Gasteiger partial charge in [0.25, 0.3) is 0 Å². The maximum atomic E-state index is 12.4. The van der Waals surface area contributed by atoms with Crippen LogP contribution in [-0.4, -0.2) is 35.7 Å². The minimum absolute atomic E-state index is 0.0196. The second kappa shape index (κ2) is 10.0. The number of phenols is 1. The van der Waals surface area contributed by atoms with Gasteiger partial charge in [0, 0.05) is 19.6 Å². The molecule has 0 saturated heterocycles. The number of hydrogen-bond donors (Lipinski definition) is 2. The van der Waals surface area contributed by atoms with Crippen molar-refractivity contribution in [3.05, 3.63) is 42.5 Å². The van der Waals surface area contributed by atoms with Gasteiger partial charge in [-0.2, -0.15) is 0 Å². The summed E-state index contributed by atoms with van der Waals surface area (Å²) in [6.07, 6.45) is 9.98. The highest BCUT2D eigenvalue weighted by atomic mass is 16.3.